The molecule has 0 spiro atoms. The van der Waals surface area contributed by atoms with Gasteiger partial charge in [-0.15, -0.1) is 0 Å². The molecule has 110 valence electrons. The summed E-state index contributed by atoms with van der Waals surface area (Å²) in [4.78, 5) is 17.2. The second-order valence-electron chi connectivity index (χ2n) is 5.04. The summed E-state index contributed by atoms with van der Waals surface area (Å²) in [5.41, 5.74) is 1.26. The normalized spacial score (nSPS) is 16.0. The molecule has 1 aliphatic rings. The highest BCUT2D eigenvalue weighted by atomic mass is 16.5. The molecule has 0 aromatic carbocycles. The number of piperazine rings is 1. The van der Waals surface area contributed by atoms with Gasteiger partial charge >= 0.3 is 0 Å². The Labute approximate surface area is 124 Å². The molecule has 2 aromatic heterocycles. The number of hydrogen-bond donors (Lipinski definition) is 0. The molecular formula is C15H19N5O. The maximum Gasteiger partial charge on any atom is 0.218 e. The summed E-state index contributed by atoms with van der Waals surface area (Å²) in [7, 11) is 1.62. The molecular weight excluding hydrogens is 266 g/mol. The number of anilines is 1. The standard InChI is InChI=1S/C15H19N5O/c1-21-15-9-14(17-12-18-15)20-7-5-19(6-8-20)11-13-3-2-4-16-10-13/h2-4,9-10,12H,5-8,11H2,1H3. The van der Waals surface area contributed by atoms with E-state index in [9.17, 15) is 0 Å². The van der Waals surface area contributed by atoms with Crippen LogP contribution in [0.5, 0.6) is 5.88 Å². The Morgan fingerprint density at radius 3 is 2.76 bits per heavy atom. The molecule has 1 saturated heterocycles. The molecule has 6 heteroatoms. The maximum atomic E-state index is 5.15. The van der Waals surface area contributed by atoms with Crippen molar-refractivity contribution in [3.05, 3.63) is 42.5 Å². The largest absolute Gasteiger partial charge is 0.481 e. The fourth-order valence-electron chi connectivity index (χ4n) is 2.50. The van der Waals surface area contributed by atoms with Gasteiger partial charge in [0.05, 0.1) is 7.11 Å². The Morgan fingerprint density at radius 1 is 1.19 bits per heavy atom. The Hall–Kier alpha value is -2.21. The molecule has 0 aliphatic carbocycles. The molecule has 0 bridgehead atoms. The van der Waals surface area contributed by atoms with Crippen LogP contribution in [0, 0.1) is 0 Å². The first-order chi connectivity index (χ1) is 10.3. The monoisotopic (exact) mass is 285 g/mol. The van der Waals surface area contributed by atoms with E-state index < -0.39 is 0 Å². The highest BCUT2D eigenvalue weighted by Crippen LogP contribution is 2.17. The van der Waals surface area contributed by atoms with Gasteiger partial charge in [-0.25, -0.2) is 9.97 Å². The van der Waals surface area contributed by atoms with E-state index in [2.05, 4.69) is 30.8 Å². The van der Waals surface area contributed by atoms with Crippen molar-refractivity contribution in [1.82, 2.24) is 19.9 Å². The van der Waals surface area contributed by atoms with Gasteiger partial charge in [0.15, 0.2) is 0 Å². The minimum Gasteiger partial charge on any atom is -0.481 e. The van der Waals surface area contributed by atoms with E-state index in [1.54, 1.807) is 13.4 Å². The highest BCUT2D eigenvalue weighted by molar-refractivity contribution is 5.41. The van der Waals surface area contributed by atoms with E-state index in [0.717, 1.165) is 38.5 Å². The number of rotatable bonds is 4. The Morgan fingerprint density at radius 2 is 2.05 bits per heavy atom. The summed E-state index contributed by atoms with van der Waals surface area (Å²) < 4.78 is 5.15. The highest BCUT2D eigenvalue weighted by Gasteiger charge is 2.18. The van der Waals surface area contributed by atoms with Gasteiger partial charge in [0, 0.05) is 51.2 Å². The SMILES string of the molecule is COc1cc(N2CCN(Cc3cccnc3)CC2)ncn1. The number of pyridine rings is 1. The summed E-state index contributed by atoms with van der Waals surface area (Å²) in [5.74, 6) is 1.54. The van der Waals surface area contributed by atoms with Gasteiger partial charge < -0.3 is 9.64 Å². The minimum atomic E-state index is 0.609. The van der Waals surface area contributed by atoms with E-state index in [4.69, 9.17) is 4.74 Å². The average molecular weight is 285 g/mol. The van der Waals surface area contributed by atoms with Crippen molar-refractivity contribution in [2.45, 2.75) is 6.54 Å². The first-order valence-corrected chi connectivity index (χ1v) is 7.07. The zero-order valence-electron chi connectivity index (χ0n) is 12.1. The van der Waals surface area contributed by atoms with Crippen LogP contribution in [-0.2, 0) is 6.54 Å². The van der Waals surface area contributed by atoms with Crippen molar-refractivity contribution >= 4 is 5.82 Å². The molecule has 3 heterocycles. The number of hydrogen-bond acceptors (Lipinski definition) is 6. The van der Waals surface area contributed by atoms with Crippen LogP contribution in [0.15, 0.2) is 36.9 Å². The quantitative estimate of drug-likeness (QED) is 0.841. The lowest BCUT2D eigenvalue weighted by Crippen LogP contribution is -2.46. The van der Waals surface area contributed by atoms with Gasteiger partial charge in [-0.05, 0) is 11.6 Å². The van der Waals surface area contributed by atoms with Crippen molar-refractivity contribution in [3.63, 3.8) is 0 Å². The van der Waals surface area contributed by atoms with E-state index >= 15 is 0 Å². The predicted octanol–water partition coefficient (Wildman–Crippen LogP) is 1.20. The zero-order valence-corrected chi connectivity index (χ0v) is 12.1. The second kappa shape index (κ2) is 6.49. The Bertz CT molecular complexity index is 569. The minimum absolute atomic E-state index is 0.609. The Kier molecular flexibility index (Phi) is 4.25. The lowest BCUT2D eigenvalue weighted by Gasteiger charge is -2.35. The molecule has 0 radical (unpaired) electrons. The summed E-state index contributed by atoms with van der Waals surface area (Å²) >= 11 is 0. The van der Waals surface area contributed by atoms with Crippen LogP contribution in [0.1, 0.15) is 5.56 Å². The molecule has 0 amide bonds. The summed E-state index contributed by atoms with van der Waals surface area (Å²) in [6.07, 6.45) is 5.29. The van der Waals surface area contributed by atoms with Crippen LogP contribution in [0.25, 0.3) is 0 Å². The van der Waals surface area contributed by atoms with Crippen molar-refractivity contribution in [3.8, 4) is 5.88 Å². The van der Waals surface area contributed by atoms with Gasteiger partial charge in [-0.1, -0.05) is 6.07 Å². The lowest BCUT2D eigenvalue weighted by atomic mass is 10.2. The van der Waals surface area contributed by atoms with E-state index in [-0.39, 0.29) is 0 Å². The van der Waals surface area contributed by atoms with Gasteiger partial charge in [0.1, 0.15) is 12.1 Å². The van der Waals surface area contributed by atoms with E-state index in [1.165, 1.54) is 5.56 Å². The molecule has 2 aromatic rings. The zero-order chi connectivity index (χ0) is 14.5. The maximum absolute atomic E-state index is 5.15. The van der Waals surface area contributed by atoms with Crippen LogP contribution < -0.4 is 9.64 Å². The van der Waals surface area contributed by atoms with Crippen molar-refractivity contribution in [2.24, 2.45) is 0 Å². The van der Waals surface area contributed by atoms with Crippen molar-refractivity contribution < 1.29 is 4.74 Å². The smallest absolute Gasteiger partial charge is 0.218 e. The third-order valence-electron chi connectivity index (χ3n) is 3.66. The molecule has 0 saturated carbocycles. The molecule has 0 N–H and O–H groups in total. The Balaban J connectivity index is 1.57. The lowest BCUT2D eigenvalue weighted by molar-refractivity contribution is 0.249. The number of nitrogens with zero attached hydrogens (tertiary/aromatic N) is 5. The summed E-state index contributed by atoms with van der Waals surface area (Å²) in [6, 6.07) is 5.99. The van der Waals surface area contributed by atoms with Crippen LogP contribution in [0.2, 0.25) is 0 Å². The number of ether oxygens (including phenoxy) is 1. The number of aromatic nitrogens is 3. The van der Waals surface area contributed by atoms with Crippen LogP contribution in [-0.4, -0.2) is 53.1 Å². The molecule has 21 heavy (non-hydrogen) atoms. The molecule has 1 fully saturated rings. The van der Waals surface area contributed by atoms with Crippen LogP contribution in [0.4, 0.5) is 5.82 Å². The van der Waals surface area contributed by atoms with E-state index in [1.807, 2.05) is 24.5 Å². The van der Waals surface area contributed by atoms with Crippen molar-refractivity contribution in [2.75, 3.05) is 38.2 Å². The van der Waals surface area contributed by atoms with Gasteiger partial charge in [0.2, 0.25) is 5.88 Å². The summed E-state index contributed by atoms with van der Waals surface area (Å²) in [5, 5.41) is 0. The van der Waals surface area contributed by atoms with Gasteiger partial charge in [0.25, 0.3) is 0 Å². The number of methoxy groups -OCH3 is 1. The average Bonchev–Trinajstić information content (AvgIpc) is 2.56. The molecule has 6 nitrogen and oxygen atoms in total. The molecule has 1 aliphatic heterocycles. The topological polar surface area (TPSA) is 54.4 Å². The van der Waals surface area contributed by atoms with Crippen molar-refractivity contribution in [1.29, 1.82) is 0 Å². The first-order valence-electron chi connectivity index (χ1n) is 7.07. The molecule has 3 rings (SSSR count). The third-order valence-corrected chi connectivity index (χ3v) is 3.66. The summed E-state index contributed by atoms with van der Waals surface area (Å²) in [6.45, 7) is 4.90. The van der Waals surface area contributed by atoms with Crippen LogP contribution >= 0.6 is 0 Å². The predicted molar refractivity (Wildman–Crippen MR) is 80.3 cm³/mol. The van der Waals surface area contributed by atoms with Gasteiger partial charge in [-0.3, -0.25) is 9.88 Å². The van der Waals surface area contributed by atoms with E-state index in [0.29, 0.717) is 5.88 Å². The molecule has 0 unspecified atom stereocenters. The first kappa shape index (κ1) is 13.8. The fourth-order valence-corrected chi connectivity index (χ4v) is 2.50. The van der Waals surface area contributed by atoms with Crippen LogP contribution in [0.3, 0.4) is 0 Å². The third kappa shape index (κ3) is 3.46. The second-order valence-corrected chi connectivity index (χ2v) is 5.04. The fraction of sp³-hybridized carbons (Fsp3) is 0.400. The van der Waals surface area contributed by atoms with Gasteiger partial charge in [-0.2, -0.15) is 0 Å². The molecule has 0 atom stereocenters.